The number of carbonyl (C=O) groups is 1. The van der Waals surface area contributed by atoms with Crippen molar-refractivity contribution in [2.24, 2.45) is 7.05 Å². The molecule has 0 aliphatic heterocycles. The fourth-order valence-electron chi connectivity index (χ4n) is 1.03. The van der Waals surface area contributed by atoms with E-state index in [9.17, 15) is 4.79 Å². The largest absolute Gasteiger partial charge is 0.353 e. The first-order chi connectivity index (χ1) is 6.72. The van der Waals surface area contributed by atoms with E-state index in [1.807, 2.05) is 7.05 Å². The molecule has 0 aliphatic rings. The highest BCUT2D eigenvalue weighted by Gasteiger charge is 1.98. The van der Waals surface area contributed by atoms with E-state index >= 15 is 0 Å². The predicted molar refractivity (Wildman–Crippen MR) is 52.5 cm³/mol. The summed E-state index contributed by atoms with van der Waals surface area (Å²) in [5.74, 6) is 0.666. The van der Waals surface area contributed by atoms with E-state index in [1.165, 1.54) is 6.08 Å². The number of carbonyl (C=O) groups excluding carboxylic acids is 1. The van der Waals surface area contributed by atoms with Crippen molar-refractivity contribution in [2.75, 3.05) is 6.54 Å². The highest BCUT2D eigenvalue weighted by molar-refractivity contribution is 5.86. The van der Waals surface area contributed by atoms with Gasteiger partial charge >= 0.3 is 0 Å². The third-order valence-corrected chi connectivity index (χ3v) is 1.71. The van der Waals surface area contributed by atoms with Crippen LogP contribution in [0, 0.1) is 0 Å². The molecule has 1 amide bonds. The third kappa shape index (κ3) is 3.38. The summed E-state index contributed by atoms with van der Waals surface area (Å²) < 4.78 is 1.66. The Labute approximate surface area is 82.8 Å². The smallest absolute Gasteiger partial charge is 0.243 e. The van der Waals surface area contributed by atoms with Gasteiger partial charge in [0.15, 0.2) is 5.82 Å². The van der Waals surface area contributed by atoms with E-state index in [2.05, 4.69) is 22.0 Å². The molecule has 5 heteroatoms. The Bertz CT molecular complexity index is 318. The molecule has 1 aromatic rings. The molecule has 0 bridgehead atoms. The molecule has 0 aliphatic carbocycles. The Balaban J connectivity index is 2.16. The van der Waals surface area contributed by atoms with Crippen molar-refractivity contribution in [1.82, 2.24) is 20.1 Å². The quantitative estimate of drug-likeness (QED) is 0.532. The number of amides is 1. The second-order valence-corrected chi connectivity index (χ2v) is 2.93. The van der Waals surface area contributed by atoms with Crippen LogP contribution in [0.5, 0.6) is 0 Å². The number of aryl methyl sites for hydroxylation is 2. The molecule has 76 valence electrons. The number of nitrogens with one attached hydrogen (secondary N) is 1. The summed E-state index contributed by atoms with van der Waals surface area (Å²) >= 11 is 0. The Morgan fingerprint density at radius 1 is 1.79 bits per heavy atom. The van der Waals surface area contributed by atoms with Crippen LogP contribution < -0.4 is 5.32 Å². The lowest BCUT2D eigenvalue weighted by Crippen LogP contribution is -2.22. The van der Waals surface area contributed by atoms with Gasteiger partial charge in [0.25, 0.3) is 0 Å². The van der Waals surface area contributed by atoms with Crippen LogP contribution in [-0.4, -0.2) is 27.2 Å². The van der Waals surface area contributed by atoms with Crippen LogP contribution in [-0.2, 0) is 18.3 Å². The van der Waals surface area contributed by atoms with Crippen LogP contribution in [0.3, 0.4) is 0 Å². The summed E-state index contributed by atoms with van der Waals surface area (Å²) in [6.07, 6.45) is 4.54. The van der Waals surface area contributed by atoms with Gasteiger partial charge in [-0.2, -0.15) is 5.10 Å². The molecule has 14 heavy (non-hydrogen) atoms. The average molecular weight is 194 g/mol. The number of hydrogen-bond donors (Lipinski definition) is 1. The van der Waals surface area contributed by atoms with Crippen LogP contribution in [0.2, 0.25) is 0 Å². The second-order valence-electron chi connectivity index (χ2n) is 2.93. The van der Waals surface area contributed by atoms with Gasteiger partial charge in [-0.1, -0.05) is 6.58 Å². The average Bonchev–Trinajstić information content (AvgIpc) is 2.58. The van der Waals surface area contributed by atoms with Crippen molar-refractivity contribution < 1.29 is 4.79 Å². The fraction of sp³-hybridized carbons (Fsp3) is 0.444. The zero-order valence-electron chi connectivity index (χ0n) is 8.23. The van der Waals surface area contributed by atoms with Crippen LogP contribution in [0.15, 0.2) is 19.0 Å². The topological polar surface area (TPSA) is 59.8 Å². The summed E-state index contributed by atoms with van der Waals surface area (Å²) in [5.41, 5.74) is 0. The maximum absolute atomic E-state index is 10.8. The van der Waals surface area contributed by atoms with Crippen LogP contribution >= 0.6 is 0 Å². The molecule has 1 rings (SSSR count). The highest BCUT2D eigenvalue weighted by Crippen LogP contribution is 1.93. The fourth-order valence-corrected chi connectivity index (χ4v) is 1.03. The number of nitrogens with zero attached hydrogens (tertiary/aromatic N) is 3. The molecule has 1 N–H and O–H groups in total. The minimum Gasteiger partial charge on any atom is -0.353 e. The first-order valence-corrected chi connectivity index (χ1v) is 4.47. The molecule has 0 saturated carbocycles. The SMILES string of the molecule is C=CC(=O)NCCCc1ncn(C)n1. The molecule has 0 saturated heterocycles. The molecule has 5 nitrogen and oxygen atoms in total. The molecule has 0 radical (unpaired) electrons. The molecule has 1 aromatic heterocycles. The maximum Gasteiger partial charge on any atom is 0.243 e. The van der Waals surface area contributed by atoms with Gasteiger partial charge in [0, 0.05) is 20.0 Å². The number of aromatic nitrogens is 3. The van der Waals surface area contributed by atoms with E-state index in [4.69, 9.17) is 0 Å². The summed E-state index contributed by atoms with van der Waals surface area (Å²) in [5, 5.41) is 6.81. The van der Waals surface area contributed by atoms with E-state index in [0.29, 0.717) is 6.54 Å². The van der Waals surface area contributed by atoms with Crippen LogP contribution in [0.4, 0.5) is 0 Å². The molecule has 0 unspecified atom stereocenters. The lowest BCUT2D eigenvalue weighted by molar-refractivity contribution is -0.116. The van der Waals surface area contributed by atoms with Gasteiger partial charge in [-0.25, -0.2) is 4.98 Å². The Morgan fingerprint density at radius 2 is 2.57 bits per heavy atom. The molecule has 1 heterocycles. The van der Waals surface area contributed by atoms with Crippen molar-refractivity contribution in [3.8, 4) is 0 Å². The Kier molecular flexibility index (Phi) is 3.84. The van der Waals surface area contributed by atoms with Gasteiger partial charge in [-0.15, -0.1) is 0 Å². The monoisotopic (exact) mass is 194 g/mol. The minimum absolute atomic E-state index is 0.140. The Hall–Kier alpha value is -1.65. The van der Waals surface area contributed by atoms with Gasteiger partial charge < -0.3 is 5.32 Å². The molecule has 0 spiro atoms. The van der Waals surface area contributed by atoms with E-state index < -0.39 is 0 Å². The van der Waals surface area contributed by atoms with Crippen LogP contribution in [0.1, 0.15) is 12.2 Å². The summed E-state index contributed by atoms with van der Waals surface area (Å²) in [4.78, 5) is 14.8. The van der Waals surface area contributed by atoms with E-state index in [0.717, 1.165) is 18.7 Å². The van der Waals surface area contributed by atoms with Crippen LogP contribution in [0.25, 0.3) is 0 Å². The first kappa shape index (κ1) is 10.4. The molecular formula is C9H14N4O. The van der Waals surface area contributed by atoms with Crippen molar-refractivity contribution >= 4 is 5.91 Å². The maximum atomic E-state index is 10.8. The first-order valence-electron chi connectivity index (χ1n) is 4.47. The third-order valence-electron chi connectivity index (χ3n) is 1.71. The molecule has 0 fully saturated rings. The molecule has 0 aromatic carbocycles. The van der Waals surface area contributed by atoms with Gasteiger partial charge in [0.1, 0.15) is 6.33 Å². The van der Waals surface area contributed by atoms with Crippen molar-refractivity contribution in [3.63, 3.8) is 0 Å². The standard InChI is InChI=1S/C9H14N4O/c1-3-9(14)10-6-4-5-8-11-7-13(2)12-8/h3,7H,1,4-6H2,2H3,(H,10,14). The highest BCUT2D eigenvalue weighted by atomic mass is 16.1. The van der Waals surface area contributed by atoms with E-state index in [1.54, 1.807) is 11.0 Å². The summed E-state index contributed by atoms with van der Waals surface area (Å²) in [6, 6.07) is 0. The zero-order chi connectivity index (χ0) is 10.4. The van der Waals surface area contributed by atoms with Gasteiger partial charge in [-0.05, 0) is 12.5 Å². The molecule has 0 atom stereocenters. The number of rotatable bonds is 5. The minimum atomic E-state index is -0.140. The lowest BCUT2D eigenvalue weighted by Gasteiger charge is -1.99. The number of hydrogen-bond acceptors (Lipinski definition) is 3. The second kappa shape index (κ2) is 5.16. The van der Waals surface area contributed by atoms with Crippen molar-refractivity contribution in [1.29, 1.82) is 0 Å². The molecular weight excluding hydrogens is 180 g/mol. The van der Waals surface area contributed by atoms with Gasteiger partial charge in [-0.3, -0.25) is 9.48 Å². The Morgan fingerprint density at radius 3 is 3.14 bits per heavy atom. The summed E-state index contributed by atoms with van der Waals surface area (Å²) in [7, 11) is 1.83. The predicted octanol–water partition coefficient (Wildman–Crippen LogP) is 0.0499. The van der Waals surface area contributed by atoms with Crippen molar-refractivity contribution in [3.05, 3.63) is 24.8 Å². The van der Waals surface area contributed by atoms with Gasteiger partial charge in [0.05, 0.1) is 0 Å². The zero-order valence-corrected chi connectivity index (χ0v) is 8.23. The lowest BCUT2D eigenvalue weighted by atomic mass is 10.3. The van der Waals surface area contributed by atoms with Crippen molar-refractivity contribution in [2.45, 2.75) is 12.8 Å². The van der Waals surface area contributed by atoms with E-state index in [-0.39, 0.29) is 5.91 Å². The van der Waals surface area contributed by atoms with Gasteiger partial charge in [0.2, 0.25) is 5.91 Å². The summed E-state index contributed by atoms with van der Waals surface area (Å²) in [6.45, 7) is 3.99. The normalized spacial score (nSPS) is 9.79.